The Labute approximate surface area is 112 Å². The van der Waals surface area contributed by atoms with Gasteiger partial charge in [0.05, 0.1) is 0 Å². The fourth-order valence-corrected chi connectivity index (χ4v) is 1.79. The van der Waals surface area contributed by atoms with Crippen LogP contribution < -0.4 is 11.5 Å². The first-order valence-electron chi connectivity index (χ1n) is 5.40. The van der Waals surface area contributed by atoms with E-state index in [1.165, 1.54) is 0 Å². The second kappa shape index (κ2) is 6.19. The Kier molecular flexibility index (Phi) is 4.89. The minimum absolute atomic E-state index is 0. The molecular weight excluding hydrogens is 248 g/mol. The van der Waals surface area contributed by atoms with Crippen LogP contribution in [0.5, 0.6) is 0 Å². The van der Waals surface area contributed by atoms with Gasteiger partial charge in [-0.05, 0) is 28.8 Å². The van der Waals surface area contributed by atoms with E-state index in [9.17, 15) is 4.79 Å². The van der Waals surface area contributed by atoms with Crippen LogP contribution in [0.4, 0.5) is 0 Å². The highest BCUT2D eigenvalue weighted by atomic mass is 35.5. The minimum atomic E-state index is -0.424. The fourth-order valence-electron chi connectivity index (χ4n) is 1.79. The number of benzene rings is 2. The summed E-state index contributed by atoms with van der Waals surface area (Å²) in [5, 5.41) is 0. The average Bonchev–Trinajstić information content (AvgIpc) is 2.39. The normalized spacial score (nSPS) is 9.61. The molecular formula is C14H15ClN2O. The molecule has 0 heterocycles. The van der Waals surface area contributed by atoms with Gasteiger partial charge in [0.2, 0.25) is 5.91 Å². The molecule has 0 aliphatic carbocycles. The molecule has 0 atom stereocenters. The highest BCUT2D eigenvalue weighted by molar-refractivity contribution is 6.00. The van der Waals surface area contributed by atoms with Crippen LogP contribution in [0.1, 0.15) is 15.9 Å². The number of rotatable bonds is 3. The molecule has 3 nitrogen and oxygen atoms in total. The van der Waals surface area contributed by atoms with Crippen LogP contribution in [0.2, 0.25) is 0 Å². The predicted molar refractivity (Wildman–Crippen MR) is 75.5 cm³/mol. The van der Waals surface area contributed by atoms with Gasteiger partial charge in [-0.25, -0.2) is 0 Å². The third-order valence-electron chi connectivity index (χ3n) is 2.67. The maximum atomic E-state index is 11.4. The largest absolute Gasteiger partial charge is 0.366 e. The van der Waals surface area contributed by atoms with Crippen LogP contribution in [-0.2, 0) is 6.54 Å². The van der Waals surface area contributed by atoms with Crippen molar-refractivity contribution < 1.29 is 4.79 Å². The van der Waals surface area contributed by atoms with E-state index in [1.807, 2.05) is 42.5 Å². The summed E-state index contributed by atoms with van der Waals surface area (Å²) >= 11 is 0. The summed E-state index contributed by atoms with van der Waals surface area (Å²) in [7, 11) is 0. The molecule has 0 saturated heterocycles. The SMILES string of the molecule is Cl.NCc1ccc(C(N)=O)c(-c2ccccc2)c1. The number of carbonyl (C=O) groups excluding carboxylic acids is 1. The van der Waals surface area contributed by atoms with Crippen LogP contribution in [-0.4, -0.2) is 5.91 Å². The lowest BCUT2D eigenvalue weighted by atomic mass is 9.97. The first kappa shape index (κ1) is 14.2. The van der Waals surface area contributed by atoms with Crippen LogP contribution in [0.25, 0.3) is 11.1 Å². The van der Waals surface area contributed by atoms with Gasteiger partial charge >= 0.3 is 0 Å². The molecule has 0 unspecified atom stereocenters. The first-order chi connectivity index (χ1) is 8.22. The van der Waals surface area contributed by atoms with Crippen LogP contribution >= 0.6 is 12.4 Å². The predicted octanol–water partition coefficient (Wildman–Crippen LogP) is 2.33. The molecule has 2 rings (SSSR count). The summed E-state index contributed by atoms with van der Waals surface area (Å²) in [6, 6.07) is 15.1. The molecule has 0 fully saturated rings. The Hall–Kier alpha value is -1.84. The molecule has 0 aliphatic rings. The third-order valence-corrected chi connectivity index (χ3v) is 2.67. The van der Waals surface area contributed by atoms with E-state index >= 15 is 0 Å². The second-order valence-electron chi connectivity index (χ2n) is 3.81. The van der Waals surface area contributed by atoms with Gasteiger partial charge in [0.25, 0.3) is 0 Å². The van der Waals surface area contributed by atoms with E-state index in [4.69, 9.17) is 11.5 Å². The Morgan fingerprint density at radius 1 is 1.06 bits per heavy atom. The summed E-state index contributed by atoms with van der Waals surface area (Å²) in [6.45, 7) is 0.443. The van der Waals surface area contributed by atoms with Crippen molar-refractivity contribution >= 4 is 18.3 Å². The van der Waals surface area contributed by atoms with Crippen LogP contribution in [0, 0.1) is 0 Å². The maximum absolute atomic E-state index is 11.4. The van der Waals surface area contributed by atoms with Crippen LogP contribution in [0.15, 0.2) is 48.5 Å². The van der Waals surface area contributed by atoms with E-state index in [0.29, 0.717) is 12.1 Å². The summed E-state index contributed by atoms with van der Waals surface area (Å²) in [5.74, 6) is -0.424. The molecule has 2 aromatic carbocycles. The lowest BCUT2D eigenvalue weighted by Gasteiger charge is -2.09. The summed E-state index contributed by atoms with van der Waals surface area (Å²) in [4.78, 5) is 11.4. The molecule has 0 bridgehead atoms. The van der Waals surface area contributed by atoms with Crippen molar-refractivity contribution in [1.82, 2.24) is 0 Å². The van der Waals surface area contributed by atoms with Crippen LogP contribution in [0.3, 0.4) is 0 Å². The monoisotopic (exact) mass is 262 g/mol. The molecule has 0 radical (unpaired) electrons. The molecule has 1 amide bonds. The highest BCUT2D eigenvalue weighted by Crippen LogP contribution is 2.24. The van der Waals surface area contributed by atoms with Crippen molar-refractivity contribution in [3.05, 3.63) is 59.7 Å². The van der Waals surface area contributed by atoms with Gasteiger partial charge < -0.3 is 11.5 Å². The van der Waals surface area contributed by atoms with Crippen molar-refractivity contribution in [2.75, 3.05) is 0 Å². The van der Waals surface area contributed by atoms with Crippen molar-refractivity contribution in [3.8, 4) is 11.1 Å². The molecule has 4 N–H and O–H groups in total. The first-order valence-corrected chi connectivity index (χ1v) is 5.40. The van der Waals surface area contributed by atoms with Crippen molar-refractivity contribution in [1.29, 1.82) is 0 Å². The smallest absolute Gasteiger partial charge is 0.249 e. The number of nitrogens with two attached hydrogens (primary N) is 2. The number of amides is 1. The quantitative estimate of drug-likeness (QED) is 0.891. The number of halogens is 1. The number of hydrogen-bond donors (Lipinski definition) is 2. The zero-order valence-corrected chi connectivity index (χ0v) is 10.6. The van der Waals surface area contributed by atoms with Gasteiger partial charge in [0.1, 0.15) is 0 Å². The molecule has 0 aromatic heterocycles. The highest BCUT2D eigenvalue weighted by Gasteiger charge is 2.10. The molecule has 18 heavy (non-hydrogen) atoms. The van der Waals surface area contributed by atoms with E-state index < -0.39 is 5.91 Å². The molecule has 2 aromatic rings. The lowest BCUT2D eigenvalue weighted by Crippen LogP contribution is -2.13. The van der Waals surface area contributed by atoms with E-state index in [2.05, 4.69) is 0 Å². The number of hydrogen-bond acceptors (Lipinski definition) is 2. The zero-order valence-electron chi connectivity index (χ0n) is 9.80. The molecule has 0 spiro atoms. The van der Waals surface area contributed by atoms with Gasteiger partial charge in [-0.2, -0.15) is 0 Å². The van der Waals surface area contributed by atoms with Gasteiger partial charge in [-0.15, -0.1) is 12.4 Å². The lowest BCUT2D eigenvalue weighted by molar-refractivity contribution is 0.100. The molecule has 4 heteroatoms. The Bertz CT molecular complexity index is 541. The minimum Gasteiger partial charge on any atom is -0.366 e. The maximum Gasteiger partial charge on any atom is 0.249 e. The van der Waals surface area contributed by atoms with Gasteiger partial charge in [-0.3, -0.25) is 4.79 Å². The molecule has 94 valence electrons. The van der Waals surface area contributed by atoms with Crippen molar-refractivity contribution in [3.63, 3.8) is 0 Å². The fraction of sp³-hybridized carbons (Fsp3) is 0.0714. The summed E-state index contributed by atoms with van der Waals surface area (Å²) < 4.78 is 0. The number of primary amides is 1. The van der Waals surface area contributed by atoms with Crippen molar-refractivity contribution in [2.45, 2.75) is 6.54 Å². The van der Waals surface area contributed by atoms with E-state index in [1.54, 1.807) is 6.07 Å². The zero-order chi connectivity index (χ0) is 12.3. The van der Waals surface area contributed by atoms with E-state index in [-0.39, 0.29) is 12.4 Å². The van der Waals surface area contributed by atoms with Gasteiger partial charge in [0.15, 0.2) is 0 Å². The van der Waals surface area contributed by atoms with Gasteiger partial charge in [-0.1, -0.05) is 36.4 Å². The topological polar surface area (TPSA) is 69.1 Å². The van der Waals surface area contributed by atoms with Crippen molar-refractivity contribution in [2.24, 2.45) is 11.5 Å². The Balaban J connectivity index is 0.00000162. The Morgan fingerprint density at radius 3 is 2.28 bits per heavy atom. The van der Waals surface area contributed by atoms with Gasteiger partial charge in [0, 0.05) is 12.1 Å². The number of carbonyl (C=O) groups is 1. The summed E-state index contributed by atoms with van der Waals surface area (Å²) in [6.07, 6.45) is 0. The molecule has 0 saturated carbocycles. The second-order valence-corrected chi connectivity index (χ2v) is 3.81. The average molecular weight is 263 g/mol. The van der Waals surface area contributed by atoms with E-state index in [0.717, 1.165) is 16.7 Å². The third kappa shape index (κ3) is 2.88. The molecule has 0 aliphatic heterocycles. The standard InChI is InChI=1S/C14H14N2O.ClH/c15-9-10-6-7-12(14(16)17)13(8-10)11-4-2-1-3-5-11;/h1-8H,9,15H2,(H2,16,17);1H. The summed E-state index contributed by atoms with van der Waals surface area (Å²) in [5.41, 5.74) is 14.3. The Morgan fingerprint density at radius 2 is 1.72 bits per heavy atom.